The lowest BCUT2D eigenvalue weighted by molar-refractivity contribution is 0.0954. The van der Waals surface area contributed by atoms with Crippen LogP contribution in [0, 0.1) is 0 Å². The summed E-state index contributed by atoms with van der Waals surface area (Å²) in [4.78, 5) is 18.4. The molecule has 2 aromatic carbocycles. The second-order valence-corrected chi connectivity index (χ2v) is 6.03. The van der Waals surface area contributed by atoms with Gasteiger partial charge in [0.25, 0.3) is 5.91 Å². The van der Waals surface area contributed by atoms with Gasteiger partial charge in [-0.1, -0.05) is 30.3 Å². The summed E-state index contributed by atoms with van der Waals surface area (Å²) in [6, 6.07) is 17.2. The van der Waals surface area contributed by atoms with Gasteiger partial charge < -0.3 is 20.3 Å². The summed E-state index contributed by atoms with van der Waals surface area (Å²) in [5.74, 6) is 1.58. The SMILES string of the molecule is CCOc1ccc(CN(C)C(=NC)NCCNC(=O)c2ccccc2)cc1.I. The highest BCUT2D eigenvalue weighted by molar-refractivity contribution is 14.0. The zero-order valence-corrected chi connectivity index (χ0v) is 19.0. The van der Waals surface area contributed by atoms with Crippen molar-refractivity contribution in [3.8, 4) is 5.75 Å². The molecule has 2 rings (SSSR count). The second kappa shape index (κ2) is 13.0. The molecule has 0 aliphatic rings. The van der Waals surface area contributed by atoms with E-state index in [1.807, 2.05) is 49.2 Å². The van der Waals surface area contributed by atoms with E-state index in [0.29, 0.717) is 25.3 Å². The Bertz CT molecular complexity index is 736. The van der Waals surface area contributed by atoms with Gasteiger partial charge in [0.15, 0.2) is 5.96 Å². The van der Waals surface area contributed by atoms with E-state index in [4.69, 9.17) is 4.74 Å². The molecule has 0 spiro atoms. The predicted molar refractivity (Wildman–Crippen MR) is 125 cm³/mol. The van der Waals surface area contributed by atoms with E-state index in [0.717, 1.165) is 18.3 Å². The molecule has 0 bridgehead atoms. The van der Waals surface area contributed by atoms with E-state index in [-0.39, 0.29) is 29.9 Å². The second-order valence-electron chi connectivity index (χ2n) is 6.03. The molecule has 7 heteroatoms. The summed E-state index contributed by atoms with van der Waals surface area (Å²) < 4.78 is 5.47. The number of amides is 1. The fourth-order valence-corrected chi connectivity index (χ4v) is 2.63. The van der Waals surface area contributed by atoms with Crippen LogP contribution in [0.1, 0.15) is 22.8 Å². The Hall–Kier alpha value is -2.29. The Balaban J connectivity index is 0.00000392. The van der Waals surface area contributed by atoms with Crippen LogP contribution in [0.3, 0.4) is 0 Å². The Morgan fingerprint density at radius 1 is 1.04 bits per heavy atom. The molecule has 0 atom stereocenters. The number of carbonyl (C=O) groups excluding carboxylic acids is 1. The van der Waals surface area contributed by atoms with Gasteiger partial charge in [-0.2, -0.15) is 0 Å². The number of carbonyl (C=O) groups is 1. The first-order valence-corrected chi connectivity index (χ1v) is 9.10. The predicted octanol–water partition coefficient (Wildman–Crippen LogP) is 3.14. The zero-order valence-electron chi connectivity index (χ0n) is 16.6. The third-order valence-corrected chi connectivity index (χ3v) is 3.96. The van der Waals surface area contributed by atoms with Gasteiger partial charge in [0.2, 0.25) is 0 Å². The van der Waals surface area contributed by atoms with Crippen molar-refractivity contribution in [2.45, 2.75) is 13.5 Å². The van der Waals surface area contributed by atoms with Crippen molar-refractivity contribution >= 4 is 35.8 Å². The van der Waals surface area contributed by atoms with Crippen LogP contribution in [-0.2, 0) is 6.54 Å². The molecular formula is C21H29IN4O2. The van der Waals surface area contributed by atoms with Crippen molar-refractivity contribution in [2.75, 3.05) is 33.8 Å². The van der Waals surface area contributed by atoms with Gasteiger partial charge in [0.1, 0.15) is 5.75 Å². The third-order valence-electron chi connectivity index (χ3n) is 3.96. The minimum Gasteiger partial charge on any atom is -0.494 e. The van der Waals surface area contributed by atoms with Crippen LogP contribution in [0.5, 0.6) is 5.75 Å². The number of benzene rings is 2. The molecule has 2 aromatic rings. The molecule has 0 fully saturated rings. The first kappa shape index (κ1) is 23.7. The summed E-state index contributed by atoms with van der Waals surface area (Å²) in [7, 11) is 3.73. The smallest absolute Gasteiger partial charge is 0.251 e. The maximum Gasteiger partial charge on any atom is 0.251 e. The quantitative estimate of drug-likeness (QED) is 0.255. The van der Waals surface area contributed by atoms with Crippen LogP contribution in [0.25, 0.3) is 0 Å². The fraction of sp³-hybridized carbons (Fsp3) is 0.333. The van der Waals surface area contributed by atoms with Crippen LogP contribution < -0.4 is 15.4 Å². The first-order valence-electron chi connectivity index (χ1n) is 9.10. The Labute approximate surface area is 184 Å². The van der Waals surface area contributed by atoms with E-state index in [2.05, 4.69) is 27.8 Å². The average molecular weight is 496 g/mol. The van der Waals surface area contributed by atoms with Crippen LogP contribution in [-0.4, -0.2) is 50.6 Å². The van der Waals surface area contributed by atoms with Crippen LogP contribution in [0.4, 0.5) is 0 Å². The van der Waals surface area contributed by atoms with E-state index in [1.54, 1.807) is 19.2 Å². The average Bonchev–Trinajstić information content (AvgIpc) is 2.70. The summed E-state index contributed by atoms with van der Waals surface area (Å²) in [5, 5.41) is 6.16. The number of aliphatic imine (C=N–C) groups is 1. The molecule has 6 nitrogen and oxygen atoms in total. The summed E-state index contributed by atoms with van der Waals surface area (Å²) in [6.07, 6.45) is 0. The van der Waals surface area contributed by atoms with Crippen molar-refractivity contribution in [1.29, 1.82) is 0 Å². The standard InChI is InChI=1S/C21H28N4O2.HI/c1-4-27-19-12-10-17(11-13-19)16-25(3)21(22-2)24-15-14-23-20(26)18-8-6-5-7-9-18;/h5-13H,4,14-16H2,1-3H3,(H,22,24)(H,23,26);1H. The van der Waals surface area contributed by atoms with Gasteiger partial charge >= 0.3 is 0 Å². The fourth-order valence-electron chi connectivity index (χ4n) is 2.63. The van der Waals surface area contributed by atoms with Crippen molar-refractivity contribution < 1.29 is 9.53 Å². The van der Waals surface area contributed by atoms with E-state index in [9.17, 15) is 4.79 Å². The minimum atomic E-state index is -0.0740. The van der Waals surface area contributed by atoms with E-state index < -0.39 is 0 Å². The Kier molecular flexibility index (Phi) is 11.0. The summed E-state index contributed by atoms with van der Waals surface area (Å²) in [5.41, 5.74) is 1.83. The normalized spacial score (nSPS) is 10.6. The van der Waals surface area contributed by atoms with Crippen molar-refractivity contribution in [3.05, 3.63) is 65.7 Å². The van der Waals surface area contributed by atoms with Crippen molar-refractivity contribution in [1.82, 2.24) is 15.5 Å². The van der Waals surface area contributed by atoms with Crippen LogP contribution in [0.15, 0.2) is 59.6 Å². The molecule has 2 N–H and O–H groups in total. The lowest BCUT2D eigenvalue weighted by Gasteiger charge is -2.22. The number of guanidine groups is 1. The maximum atomic E-state index is 12.0. The molecule has 0 aliphatic carbocycles. The first-order chi connectivity index (χ1) is 13.1. The summed E-state index contributed by atoms with van der Waals surface area (Å²) in [6.45, 7) is 4.47. The highest BCUT2D eigenvalue weighted by atomic mass is 127. The number of nitrogens with zero attached hydrogens (tertiary/aromatic N) is 2. The van der Waals surface area contributed by atoms with Gasteiger partial charge in [-0.3, -0.25) is 9.79 Å². The van der Waals surface area contributed by atoms with Crippen LogP contribution in [0.2, 0.25) is 0 Å². The molecule has 0 unspecified atom stereocenters. The lowest BCUT2D eigenvalue weighted by atomic mass is 10.2. The minimum absolute atomic E-state index is 0. The van der Waals surface area contributed by atoms with Gasteiger partial charge in [0.05, 0.1) is 6.61 Å². The van der Waals surface area contributed by atoms with Gasteiger partial charge in [-0.05, 0) is 36.8 Å². The van der Waals surface area contributed by atoms with Gasteiger partial charge in [-0.25, -0.2) is 0 Å². The highest BCUT2D eigenvalue weighted by Crippen LogP contribution is 2.13. The Morgan fingerprint density at radius 2 is 1.68 bits per heavy atom. The van der Waals surface area contributed by atoms with Crippen LogP contribution >= 0.6 is 24.0 Å². The zero-order chi connectivity index (χ0) is 19.5. The maximum absolute atomic E-state index is 12.0. The molecule has 0 radical (unpaired) electrons. The number of ether oxygens (including phenoxy) is 1. The summed E-state index contributed by atoms with van der Waals surface area (Å²) >= 11 is 0. The monoisotopic (exact) mass is 496 g/mol. The molecule has 0 aromatic heterocycles. The molecule has 0 saturated heterocycles. The number of hydrogen-bond acceptors (Lipinski definition) is 3. The third kappa shape index (κ3) is 7.75. The molecule has 1 amide bonds. The molecule has 152 valence electrons. The number of halogens is 1. The largest absolute Gasteiger partial charge is 0.494 e. The van der Waals surface area contributed by atoms with Gasteiger partial charge in [0, 0.05) is 39.3 Å². The number of rotatable bonds is 8. The molecule has 0 saturated carbocycles. The molecular weight excluding hydrogens is 467 g/mol. The lowest BCUT2D eigenvalue weighted by Crippen LogP contribution is -2.42. The van der Waals surface area contributed by atoms with E-state index in [1.165, 1.54) is 5.56 Å². The highest BCUT2D eigenvalue weighted by Gasteiger charge is 2.07. The molecule has 28 heavy (non-hydrogen) atoms. The van der Waals surface area contributed by atoms with Gasteiger partial charge in [-0.15, -0.1) is 24.0 Å². The number of hydrogen-bond donors (Lipinski definition) is 2. The topological polar surface area (TPSA) is 66.0 Å². The van der Waals surface area contributed by atoms with E-state index >= 15 is 0 Å². The van der Waals surface area contributed by atoms with Crippen molar-refractivity contribution in [3.63, 3.8) is 0 Å². The Morgan fingerprint density at radius 3 is 2.29 bits per heavy atom. The number of nitrogens with one attached hydrogen (secondary N) is 2. The van der Waals surface area contributed by atoms with Crippen molar-refractivity contribution in [2.24, 2.45) is 4.99 Å². The molecule has 0 aliphatic heterocycles. The molecule has 0 heterocycles.